The molecule has 2 aromatic rings. The summed E-state index contributed by atoms with van der Waals surface area (Å²) in [4.78, 5) is 0. The summed E-state index contributed by atoms with van der Waals surface area (Å²) in [5.74, 6) is 2.02. The highest BCUT2D eigenvalue weighted by atomic mass is 19.1. The molecule has 1 heterocycles. The molecular formula is C15H18FNO2. The Labute approximate surface area is 112 Å². The maximum atomic E-state index is 13.7. The summed E-state index contributed by atoms with van der Waals surface area (Å²) in [6, 6.07) is 6.55. The van der Waals surface area contributed by atoms with Gasteiger partial charge in [-0.2, -0.15) is 0 Å². The van der Waals surface area contributed by atoms with E-state index in [1.807, 2.05) is 26.8 Å². The minimum Gasteiger partial charge on any atom is -0.497 e. The molecule has 0 saturated heterocycles. The van der Waals surface area contributed by atoms with Crippen LogP contribution in [0.5, 0.6) is 5.75 Å². The van der Waals surface area contributed by atoms with E-state index in [1.165, 1.54) is 6.07 Å². The molecule has 0 radical (unpaired) electrons. The Bertz CT molecular complexity index is 578. The molecule has 1 aromatic carbocycles. The van der Waals surface area contributed by atoms with E-state index in [-0.39, 0.29) is 11.9 Å². The lowest BCUT2D eigenvalue weighted by molar-refractivity contribution is 0.414. The third-order valence-corrected chi connectivity index (χ3v) is 3.09. The van der Waals surface area contributed by atoms with Gasteiger partial charge >= 0.3 is 0 Å². The molecule has 3 nitrogen and oxygen atoms in total. The van der Waals surface area contributed by atoms with E-state index < -0.39 is 0 Å². The Balaban J connectivity index is 2.23. The van der Waals surface area contributed by atoms with E-state index in [9.17, 15) is 4.39 Å². The zero-order valence-corrected chi connectivity index (χ0v) is 11.6. The summed E-state index contributed by atoms with van der Waals surface area (Å²) in [6.45, 7) is 5.77. The lowest BCUT2D eigenvalue weighted by Gasteiger charge is -2.16. The summed E-state index contributed by atoms with van der Waals surface area (Å²) in [7, 11) is 1.56. The molecule has 0 amide bonds. The highest BCUT2D eigenvalue weighted by Crippen LogP contribution is 2.28. The van der Waals surface area contributed by atoms with Gasteiger partial charge in [-0.3, -0.25) is 0 Å². The van der Waals surface area contributed by atoms with Crippen LogP contribution in [0.4, 0.5) is 10.1 Å². The van der Waals surface area contributed by atoms with E-state index in [0.29, 0.717) is 11.4 Å². The molecule has 1 N–H and O–H groups in total. The van der Waals surface area contributed by atoms with Crippen molar-refractivity contribution in [1.29, 1.82) is 0 Å². The van der Waals surface area contributed by atoms with Gasteiger partial charge < -0.3 is 14.5 Å². The molecule has 1 aromatic heterocycles. The molecule has 0 aliphatic rings. The number of anilines is 1. The first-order chi connectivity index (χ1) is 9.01. The standard InChI is InChI=1S/C15H18FNO2/c1-9-7-13(11(3)19-9)10(2)17-15-8-12(18-4)5-6-14(15)16/h5-8,10,17H,1-4H3. The molecule has 102 valence electrons. The maximum Gasteiger partial charge on any atom is 0.146 e. The largest absolute Gasteiger partial charge is 0.497 e. The summed E-state index contributed by atoms with van der Waals surface area (Å²) in [6.07, 6.45) is 0. The number of nitrogens with one attached hydrogen (secondary N) is 1. The van der Waals surface area contributed by atoms with Crippen molar-refractivity contribution in [3.63, 3.8) is 0 Å². The minimum atomic E-state index is -0.300. The fraction of sp³-hybridized carbons (Fsp3) is 0.333. The molecule has 1 unspecified atom stereocenters. The lowest BCUT2D eigenvalue weighted by Crippen LogP contribution is -2.08. The first-order valence-corrected chi connectivity index (χ1v) is 6.18. The normalized spacial score (nSPS) is 12.3. The lowest BCUT2D eigenvalue weighted by atomic mass is 10.1. The number of rotatable bonds is 4. The fourth-order valence-corrected chi connectivity index (χ4v) is 2.13. The summed E-state index contributed by atoms with van der Waals surface area (Å²) >= 11 is 0. The smallest absolute Gasteiger partial charge is 0.146 e. The van der Waals surface area contributed by atoms with Crippen LogP contribution in [0.15, 0.2) is 28.7 Å². The first-order valence-electron chi connectivity index (χ1n) is 6.18. The van der Waals surface area contributed by atoms with Crippen molar-refractivity contribution < 1.29 is 13.5 Å². The molecule has 2 rings (SSSR count). The van der Waals surface area contributed by atoms with Crippen LogP contribution in [-0.4, -0.2) is 7.11 Å². The summed E-state index contributed by atoms with van der Waals surface area (Å²) < 4.78 is 24.3. The van der Waals surface area contributed by atoms with Crippen LogP contribution in [0.1, 0.15) is 30.0 Å². The average Bonchev–Trinajstić information content (AvgIpc) is 2.71. The number of hydrogen-bond donors (Lipinski definition) is 1. The third kappa shape index (κ3) is 2.89. The molecule has 0 aliphatic carbocycles. The van der Waals surface area contributed by atoms with E-state index in [2.05, 4.69) is 5.32 Å². The number of halogens is 1. The van der Waals surface area contributed by atoms with Crippen molar-refractivity contribution >= 4 is 5.69 Å². The molecule has 0 bridgehead atoms. The van der Waals surface area contributed by atoms with Crippen molar-refractivity contribution in [3.8, 4) is 5.75 Å². The highest BCUT2D eigenvalue weighted by Gasteiger charge is 2.14. The van der Waals surface area contributed by atoms with Crippen LogP contribution in [-0.2, 0) is 0 Å². The SMILES string of the molecule is COc1ccc(F)c(NC(C)c2cc(C)oc2C)c1. The van der Waals surface area contributed by atoms with Crippen molar-refractivity contribution in [3.05, 3.63) is 47.2 Å². The third-order valence-electron chi connectivity index (χ3n) is 3.09. The van der Waals surface area contributed by atoms with Crippen molar-refractivity contribution in [2.24, 2.45) is 0 Å². The van der Waals surface area contributed by atoms with Gasteiger partial charge in [0.2, 0.25) is 0 Å². The molecular weight excluding hydrogens is 245 g/mol. The number of benzene rings is 1. The van der Waals surface area contributed by atoms with E-state index in [0.717, 1.165) is 17.1 Å². The van der Waals surface area contributed by atoms with Gasteiger partial charge in [-0.15, -0.1) is 0 Å². The Kier molecular flexibility index (Phi) is 3.79. The van der Waals surface area contributed by atoms with Crippen LogP contribution in [0.25, 0.3) is 0 Å². The number of methoxy groups -OCH3 is 1. The van der Waals surface area contributed by atoms with E-state index in [1.54, 1.807) is 19.2 Å². The Morgan fingerprint density at radius 2 is 2.00 bits per heavy atom. The number of ether oxygens (including phenoxy) is 1. The van der Waals surface area contributed by atoms with Gasteiger partial charge in [0.15, 0.2) is 0 Å². The predicted octanol–water partition coefficient (Wildman–Crippen LogP) is 4.22. The Morgan fingerprint density at radius 1 is 1.26 bits per heavy atom. The number of furan rings is 1. The fourth-order valence-electron chi connectivity index (χ4n) is 2.13. The monoisotopic (exact) mass is 263 g/mol. The van der Waals surface area contributed by atoms with Gasteiger partial charge in [0.25, 0.3) is 0 Å². The van der Waals surface area contributed by atoms with Gasteiger partial charge in [0, 0.05) is 11.6 Å². The predicted molar refractivity (Wildman–Crippen MR) is 73.2 cm³/mol. The zero-order valence-electron chi connectivity index (χ0n) is 11.6. The van der Waals surface area contributed by atoms with Gasteiger partial charge in [-0.05, 0) is 39.0 Å². The molecule has 4 heteroatoms. The van der Waals surface area contributed by atoms with Crippen molar-refractivity contribution in [2.45, 2.75) is 26.8 Å². The van der Waals surface area contributed by atoms with Crippen LogP contribution >= 0.6 is 0 Å². The van der Waals surface area contributed by atoms with Crippen molar-refractivity contribution in [2.75, 3.05) is 12.4 Å². The molecule has 0 saturated carbocycles. The first kappa shape index (κ1) is 13.5. The Hall–Kier alpha value is -1.97. The van der Waals surface area contributed by atoms with Gasteiger partial charge in [0.1, 0.15) is 23.1 Å². The van der Waals surface area contributed by atoms with Crippen LogP contribution in [0.2, 0.25) is 0 Å². The molecule has 0 fully saturated rings. The topological polar surface area (TPSA) is 34.4 Å². The summed E-state index contributed by atoms with van der Waals surface area (Å²) in [5, 5.41) is 3.14. The maximum absolute atomic E-state index is 13.7. The second kappa shape index (κ2) is 5.34. The highest BCUT2D eigenvalue weighted by molar-refractivity contribution is 5.51. The van der Waals surface area contributed by atoms with Crippen molar-refractivity contribution in [1.82, 2.24) is 0 Å². The van der Waals surface area contributed by atoms with Gasteiger partial charge in [-0.25, -0.2) is 4.39 Å². The number of hydrogen-bond acceptors (Lipinski definition) is 3. The minimum absolute atomic E-state index is 0.0425. The Morgan fingerprint density at radius 3 is 2.58 bits per heavy atom. The zero-order chi connectivity index (χ0) is 14.0. The average molecular weight is 263 g/mol. The van der Waals surface area contributed by atoms with Gasteiger partial charge in [0.05, 0.1) is 18.8 Å². The van der Waals surface area contributed by atoms with Crippen LogP contribution in [0, 0.1) is 19.7 Å². The van der Waals surface area contributed by atoms with Crippen LogP contribution in [0.3, 0.4) is 0 Å². The van der Waals surface area contributed by atoms with Crippen LogP contribution < -0.4 is 10.1 Å². The summed E-state index contributed by atoms with van der Waals surface area (Å²) in [5.41, 5.74) is 1.45. The quantitative estimate of drug-likeness (QED) is 0.897. The van der Waals surface area contributed by atoms with Gasteiger partial charge in [-0.1, -0.05) is 0 Å². The molecule has 1 atom stereocenters. The second-order valence-corrected chi connectivity index (χ2v) is 4.58. The molecule has 19 heavy (non-hydrogen) atoms. The van der Waals surface area contributed by atoms with E-state index in [4.69, 9.17) is 9.15 Å². The number of aryl methyl sites for hydroxylation is 2. The molecule has 0 aliphatic heterocycles. The second-order valence-electron chi connectivity index (χ2n) is 4.58. The van der Waals surface area contributed by atoms with E-state index >= 15 is 0 Å². The molecule has 0 spiro atoms.